The second-order valence-corrected chi connectivity index (χ2v) is 5.13. The van der Waals surface area contributed by atoms with Crippen molar-refractivity contribution in [2.45, 2.75) is 33.5 Å². The number of aromatic nitrogens is 2. The van der Waals surface area contributed by atoms with Gasteiger partial charge in [-0.3, -0.25) is 9.48 Å². The van der Waals surface area contributed by atoms with Crippen molar-refractivity contribution in [2.75, 3.05) is 0 Å². The molecule has 0 bridgehead atoms. The zero-order chi connectivity index (χ0) is 15.8. The second-order valence-electron chi connectivity index (χ2n) is 5.13. The molecule has 1 aromatic heterocycles. The van der Waals surface area contributed by atoms with Gasteiger partial charge in [-0.25, -0.2) is 0 Å². The van der Waals surface area contributed by atoms with Crippen LogP contribution >= 0.6 is 0 Å². The molecule has 6 heteroatoms. The molecule has 0 aliphatic carbocycles. The van der Waals surface area contributed by atoms with Crippen molar-refractivity contribution in [1.82, 2.24) is 9.78 Å². The summed E-state index contributed by atoms with van der Waals surface area (Å²) < 4.78 is 38.4. The van der Waals surface area contributed by atoms with Gasteiger partial charge in [0.05, 0.1) is 18.3 Å². The van der Waals surface area contributed by atoms with Crippen LogP contribution in [0.25, 0.3) is 0 Å². The summed E-state index contributed by atoms with van der Waals surface area (Å²) in [7, 11) is 0. The van der Waals surface area contributed by atoms with E-state index in [4.69, 9.17) is 0 Å². The Kier molecular flexibility index (Phi) is 3.89. The van der Waals surface area contributed by atoms with Gasteiger partial charge in [-0.1, -0.05) is 17.7 Å². The number of hydrogen-bond donors (Lipinski definition) is 0. The monoisotopic (exact) mass is 296 g/mol. The molecule has 112 valence electrons. The molecular weight excluding hydrogens is 281 g/mol. The van der Waals surface area contributed by atoms with Gasteiger partial charge in [-0.15, -0.1) is 0 Å². The molecule has 0 atom stereocenters. The van der Waals surface area contributed by atoms with Crippen molar-refractivity contribution in [1.29, 1.82) is 0 Å². The van der Waals surface area contributed by atoms with E-state index in [0.29, 0.717) is 6.54 Å². The molecule has 0 aliphatic rings. The van der Waals surface area contributed by atoms with Crippen molar-refractivity contribution < 1.29 is 18.0 Å². The molecule has 2 aromatic rings. The molecule has 0 saturated heterocycles. The second kappa shape index (κ2) is 5.35. The highest BCUT2D eigenvalue weighted by Crippen LogP contribution is 2.22. The number of rotatable bonds is 3. The number of nitrogens with zero attached hydrogens (tertiary/aromatic N) is 2. The first-order valence-electron chi connectivity index (χ1n) is 6.39. The first-order chi connectivity index (χ1) is 9.68. The van der Waals surface area contributed by atoms with Crippen molar-refractivity contribution in [3.63, 3.8) is 0 Å². The fraction of sp³-hybridized carbons (Fsp3) is 0.333. The van der Waals surface area contributed by atoms with E-state index in [1.807, 2.05) is 32.9 Å². The van der Waals surface area contributed by atoms with Crippen molar-refractivity contribution in [3.05, 3.63) is 52.3 Å². The first kappa shape index (κ1) is 15.3. The summed E-state index contributed by atoms with van der Waals surface area (Å²) in [4.78, 5) is 11.1. The van der Waals surface area contributed by atoms with E-state index in [-0.39, 0.29) is 0 Å². The maximum Gasteiger partial charge on any atom is 0.454 e. The highest BCUT2D eigenvalue weighted by molar-refractivity contribution is 5.99. The third-order valence-corrected chi connectivity index (χ3v) is 3.31. The van der Waals surface area contributed by atoms with E-state index in [1.54, 1.807) is 0 Å². The molecular formula is C15H15F3N2O. The van der Waals surface area contributed by atoms with Crippen LogP contribution < -0.4 is 0 Å². The molecule has 0 spiro atoms. The summed E-state index contributed by atoms with van der Waals surface area (Å²) in [6.07, 6.45) is -2.78. The van der Waals surface area contributed by atoms with Gasteiger partial charge in [-0.05, 0) is 37.5 Å². The molecule has 1 heterocycles. The minimum absolute atomic E-state index is 0.336. The molecule has 0 amide bonds. The number of ketones is 1. The van der Waals surface area contributed by atoms with Gasteiger partial charge in [0.1, 0.15) is 0 Å². The number of halogens is 3. The number of hydrogen-bond acceptors (Lipinski definition) is 2. The maximum absolute atomic E-state index is 12.4. The topological polar surface area (TPSA) is 34.9 Å². The summed E-state index contributed by atoms with van der Waals surface area (Å²) in [6, 6.07) is 4.02. The zero-order valence-electron chi connectivity index (χ0n) is 12.0. The lowest BCUT2D eigenvalue weighted by Crippen LogP contribution is -2.22. The van der Waals surface area contributed by atoms with Crippen molar-refractivity contribution in [2.24, 2.45) is 0 Å². The van der Waals surface area contributed by atoms with E-state index in [1.165, 1.54) is 4.68 Å². The van der Waals surface area contributed by atoms with Gasteiger partial charge in [0.2, 0.25) is 0 Å². The lowest BCUT2D eigenvalue weighted by Gasteiger charge is -2.11. The Morgan fingerprint density at radius 3 is 2.29 bits per heavy atom. The van der Waals surface area contributed by atoms with Crippen LogP contribution in [-0.2, 0) is 6.54 Å². The normalized spacial score (nSPS) is 11.7. The molecule has 3 nitrogen and oxygen atoms in total. The Balaban J connectivity index is 2.27. The molecule has 0 radical (unpaired) electrons. The third-order valence-electron chi connectivity index (χ3n) is 3.31. The van der Waals surface area contributed by atoms with Gasteiger partial charge >= 0.3 is 6.18 Å². The quantitative estimate of drug-likeness (QED) is 0.811. The van der Waals surface area contributed by atoms with Gasteiger partial charge < -0.3 is 0 Å². The fourth-order valence-electron chi connectivity index (χ4n) is 2.35. The lowest BCUT2D eigenvalue weighted by molar-refractivity contribution is -0.0885. The van der Waals surface area contributed by atoms with Crippen LogP contribution in [0.15, 0.2) is 24.5 Å². The van der Waals surface area contributed by atoms with Gasteiger partial charge in [0, 0.05) is 6.20 Å². The summed E-state index contributed by atoms with van der Waals surface area (Å²) in [5.41, 5.74) is 3.78. The number of carbonyl (C=O) groups is 1. The van der Waals surface area contributed by atoms with Crippen molar-refractivity contribution >= 4 is 5.78 Å². The lowest BCUT2D eigenvalue weighted by atomic mass is 10.00. The molecule has 21 heavy (non-hydrogen) atoms. The molecule has 1 aromatic carbocycles. The third kappa shape index (κ3) is 3.32. The van der Waals surface area contributed by atoms with E-state index in [0.717, 1.165) is 34.6 Å². The van der Waals surface area contributed by atoms with E-state index < -0.39 is 17.5 Å². The molecule has 0 aliphatic heterocycles. The van der Waals surface area contributed by atoms with E-state index in [9.17, 15) is 18.0 Å². The molecule has 0 fully saturated rings. The molecule has 2 rings (SSSR count). The average Bonchev–Trinajstić information content (AvgIpc) is 2.80. The van der Waals surface area contributed by atoms with Crippen LogP contribution in [0.2, 0.25) is 0 Å². The zero-order valence-corrected chi connectivity index (χ0v) is 12.0. The van der Waals surface area contributed by atoms with Gasteiger partial charge in [0.25, 0.3) is 5.78 Å². The Hall–Kier alpha value is -2.11. The van der Waals surface area contributed by atoms with Crippen LogP contribution in [0.4, 0.5) is 13.2 Å². The smallest absolute Gasteiger partial charge is 0.284 e. The molecule has 0 N–H and O–H groups in total. The summed E-state index contributed by atoms with van der Waals surface area (Å²) in [6.45, 7) is 6.21. The van der Waals surface area contributed by atoms with Crippen LogP contribution in [0.1, 0.15) is 32.6 Å². The fourth-order valence-corrected chi connectivity index (χ4v) is 2.35. The van der Waals surface area contributed by atoms with Gasteiger partial charge in [0.15, 0.2) is 0 Å². The van der Waals surface area contributed by atoms with E-state index in [2.05, 4.69) is 5.10 Å². The maximum atomic E-state index is 12.4. The molecule has 0 unspecified atom stereocenters. The number of alkyl halides is 3. The average molecular weight is 296 g/mol. The Bertz CT molecular complexity index is 663. The van der Waals surface area contributed by atoms with Crippen LogP contribution in [0.5, 0.6) is 0 Å². The van der Waals surface area contributed by atoms with Crippen LogP contribution in [0.3, 0.4) is 0 Å². The number of Topliss-reactive ketones (excluding diaryl/α,β-unsaturated/α-hetero) is 1. The van der Waals surface area contributed by atoms with E-state index >= 15 is 0 Å². The summed E-state index contributed by atoms with van der Waals surface area (Å²) in [5.74, 6) is -1.87. The summed E-state index contributed by atoms with van der Waals surface area (Å²) in [5, 5.41) is 3.85. The van der Waals surface area contributed by atoms with Crippen LogP contribution in [0, 0.1) is 20.8 Å². The number of benzene rings is 1. The first-order valence-corrected chi connectivity index (χ1v) is 6.39. The molecule has 0 saturated carbocycles. The number of carbonyl (C=O) groups excluding carboxylic acids is 1. The predicted octanol–water partition coefficient (Wildman–Crippen LogP) is 3.60. The Labute approximate surface area is 120 Å². The Morgan fingerprint density at radius 1 is 1.19 bits per heavy atom. The van der Waals surface area contributed by atoms with Crippen LogP contribution in [-0.4, -0.2) is 21.7 Å². The standard InChI is InChI=1S/C15H15F3N2O/c1-9-4-10(2)13(11(3)5-9)8-20-7-12(6-19-20)14(21)15(16,17)18/h4-7H,8H2,1-3H3. The number of aryl methyl sites for hydroxylation is 3. The summed E-state index contributed by atoms with van der Waals surface area (Å²) >= 11 is 0. The van der Waals surface area contributed by atoms with Crippen molar-refractivity contribution in [3.8, 4) is 0 Å². The predicted molar refractivity (Wildman–Crippen MR) is 72.4 cm³/mol. The largest absolute Gasteiger partial charge is 0.454 e. The highest BCUT2D eigenvalue weighted by atomic mass is 19.4. The Morgan fingerprint density at radius 2 is 1.76 bits per heavy atom. The minimum Gasteiger partial charge on any atom is -0.284 e. The minimum atomic E-state index is -4.87. The van der Waals surface area contributed by atoms with Gasteiger partial charge in [-0.2, -0.15) is 18.3 Å². The SMILES string of the molecule is Cc1cc(C)c(Cn2cc(C(=O)C(F)(F)F)cn2)c(C)c1. The highest BCUT2D eigenvalue weighted by Gasteiger charge is 2.39.